The highest BCUT2D eigenvalue weighted by atomic mass is 35.5. The van der Waals surface area contributed by atoms with Gasteiger partial charge in [-0.15, -0.1) is 11.3 Å². The van der Waals surface area contributed by atoms with Gasteiger partial charge in [0.05, 0.1) is 6.42 Å². The summed E-state index contributed by atoms with van der Waals surface area (Å²) in [6.07, 6.45) is 0.905. The smallest absolute Gasteiger partial charge is 0.310 e. The minimum atomic E-state index is -0.435. The van der Waals surface area contributed by atoms with E-state index in [2.05, 4.69) is 5.32 Å². The molecule has 0 aliphatic heterocycles. The molecule has 4 nitrogen and oxygen atoms in total. The van der Waals surface area contributed by atoms with Gasteiger partial charge in [0.1, 0.15) is 0 Å². The molecular weight excluding hydrogens is 322 g/mol. The topological polar surface area (TPSA) is 55.4 Å². The van der Waals surface area contributed by atoms with Crippen molar-refractivity contribution in [2.75, 3.05) is 13.2 Å². The number of esters is 1. The number of ether oxygens (including phenoxy) is 1. The van der Waals surface area contributed by atoms with Gasteiger partial charge in [-0.1, -0.05) is 29.8 Å². The molecule has 0 aliphatic rings. The summed E-state index contributed by atoms with van der Waals surface area (Å²) in [6, 6.07) is 10.9. The molecule has 22 heavy (non-hydrogen) atoms. The maximum atomic E-state index is 11.6. The predicted octanol–water partition coefficient (Wildman–Crippen LogP) is 2.85. The largest absolute Gasteiger partial charge is 0.455 e. The van der Waals surface area contributed by atoms with Gasteiger partial charge in [0, 0.05) is 16.4 Å². The maximum absolute atomic E-state index is 11.6. The first-order valence-electron chi connectivity index (χ1n) is 6.82. The quantitative estimate of drug-likeness (QED) is 0.790. The van der Waals surface area contributed by atoms with Crippen molar-refractivity contribution in [1.82, 2.24) is 5.32 Å². The van der Waals surface area contributed by atoms with Crippen LogP contribution in [0.1, 0.15) is 10.4 Å². The normalized spacial score (nSPS) is 10.2. The SMILES string of the molecule is O=C(COC(=O)Cc1ccc(Cl)cc1)NCCc1cccs1. The fraction of sp³-hybridized carbons (Fsp3) is 0.250. The van der Waals surface area contributed by atoms with Crippen LogP contribution in [-0.2, 0) is 27.2 Å². The van der Waals surface area contributed by atoms with Crippen molar-refractivity contribution < 1.29 is 14.3 Å². The Morgan fingerprint density at radius 2 is 1.95 bits per heavy atom. The van der Waals surface area contributed by atoms with Gasteiger partial charge in [0.15, 0.2) is 6.61 Å². The van der Waals surface area contributed by atoms with Crippen molar-refractivity contribution in [2.45, 2.75) is 12.8 Å². The lowest BCUT2D eigenvalue weighted by Crippen LogP contribution is -2.30. The molecular formula is C16H16ClNO3S. The molecule has 2 rings (SSSR count). The summed E-state index contributed by atoms with van der Waals surface area (Å²) in [7, 11) is 0. The van der Waals surface area contributed by atoms with Crippen LogP contribution in [0.3, 0.4) is 0 Å². The Hall–Kier alpha value is -1.85. The Balaban J connectivity index is 1.63. The van der Waals surface area contributed by atoms with Gasteiger partial charge in [0.25, 0.3) is 5.91 Å². The maximum Gasteiger partial charge on any atom is 0.310 e. The van der Waals surface area contributed by atoms with E-state index in [1.807, 2.05) is 17.5 Å². The molecule has 1 aromatic carbocycles. The molecule has 2 aromatic rings. The Kier molecular flexibility index (Phi) is 6.43. The number of halogens is 1. The number of hydrogen-bond donors (Lipinski definition) is 1. The number of nitrogens with one attached hydrogen (secondary N) is 1. The molecule has 0 saturated heterocycles. The van der Waals surface area contributed by atoms with Crippen molar-refractivity contribution in [3.63, 3.8) is 0 Å². The van der Waals surface area contributed by atoms with E-state index in [4.69, 9.17) is 16.3 Å². The third-order valence-electron chi connectivity index (χ3n) is 2.90. The average molecular weight is 338 g/mol. The molecule has 116 valence electrons. The van der Waals surface area contributed by atoms with Crippen molar-refractivity contribution in [3.8, 4) is 0 Å². The second-order valence-corrected chi connectivity index (χ2v) is 6.11. The lowest BCUT2D eigenvalue weighted by atomic mass is 10.1. The van der Waals surface area contributed by atoms with Gasteiger partial charge in [-0.25, -0.2) is 0 Å². The van der Waals surface area contributed by atoms with Crippen molar-refractivity contribution in [1.29, 1.82) is 0 Å². The Bertz CT molecular complexity index is 611. The monoisotopic (exact) mass is 337 g/mol. The lowest BCUT2D eigenvalue weighted by molar-refractivity contribution is -0.147. The zero-order valence-corrected chi connectivity index (χ0v) is 13.5. The number of benzene rings is 1. The van der Waals surface area contributed by atoms with Crippen LogP contribution in [0, 0.1) is 0 Å². The van der Waals surface area contributed by atoms with Gasteiger partial charge in [-0.05, 0) is 35.6 Å². The summed E-state index contributed by atoms with van der Waals surface area (Å²) < 4.78 is 4.94. The molecule has 0 fully saturated rings. The molecule has 0 atom stereocenters. The van der Waals surface area contributed by atoms with Gasteiger partial charge in [0.2, 0.25) is 0 Å². The molecule has 0 radical (unpaired) electrons. The van der Waals surface area contributed by atoms with Crippen LogP contribution in [0.25, 0.3) is 0 Å². The molecule has 0 aliphatic carbocycles. The summed E-state index contributed by atoms with van der Waals surface area (Å²) in [5, 5.41) is 5.33. The van der Waals surface area contributed by atoms with Crippen LogP contribution in [-0.4, -0.2) is 25.0 Å². The molecule has 1 heterocycles. The van der Waals surface area contributed by atoms with E-state index in [9.17, 15) is 9.59 Å². The summed E-state index contributed by atoms with van der Waals surface area (Å²) in [5.74, 6) is -0.725. The van der Waals surface area contributed by atoms with E-state index >= 15 is 0 Å². The first-order chi connectivity index (χ1) is 10.6. The van der Waals surface area contributed by atoms with Crippen molar-refractivity contribution in [3.05, 3.63) is 57.2 Å². The summed E-state index contributed by atoms with van der Waals surface area (Å²) >= 11 is 7.42. The van der Waals surface area contributed by atoms with Crippen molar-refractivity contribution in [2.24, 2.45) is 0 Å². The number of rotatable bonds is 7. The highest BCUT2D eigenvalue weighted by Gasteiger charge is 2.08. The van der Waals surface area contributed by atoms with E-state index in [0.717, 1.165) is 12.0 Å². The van der Waals surface area contributed by atoms with Crippen LogP contribution >= 0.6 is 22.9 Å². The van der Waals surface area contributed by atoms with Crippen LogP contribution in [0.15, 0.2) is 41.8 Å². The van der Waals surface area contributed by atoms with E-state index in [0.29, 0.717) is 11.6 Å². The van der Waals surface area contributed by atoms with Gasteiger partial charge in [-0.3, -0.25) is 9.59 Å². The standard InChI is InChI=1S/C16H16ClNO3S/c17-13-5-3-12(4-6-13)10-16(20)21-11-15(19)18-8-7-14-2-1-9-22-14/h1-6,9H,7-8,10-11H2,(H,18,19). The van der Waals surface area contributed by atoms with Gasteiger partial charge < -0.3 is 10.1 Å². The molecule has 1 aromatic heterocycles. The minimum Gasteiger partial charge on any atom is -0.455 e. The van der Waals surface area contributed by atoms with Crippen LogP contribution in [0.2, 0.25) is 5.02 Å². The first kappa shape index (κ1) is 16.5. The fourth-order valence-corrected chi connectivity index (χ4v) is 2.63. The minimum absolute atomic E-state index is 0.125. The van der Waals surface area contributed by atoms with E-state index in [1.165, 1.54) is 4.88 Å². The number of carbonyl (C=O) groups excluding carboxylic acids is 2. The van der Waals surface area contributed by atoms with Crippen LogP contribution < -0.4 is 5.32 Å². The summed E-state index contributed by atoms with van der Waals surface area (Å²) in [5.41, 5.74) is 0.799. The molecule has 0 unspecified atom stereocenters. The highest BCUT2D eigenvalue weighted by Crippen LogP contribution is 2.10. The van der Waals surface area contributed by atoms with Gasteiger partial charge >= 0.3 is 5.97 Å². The molecule has 0 saturated carbocycles. The van der Waals surface area contributed by atoms with Gasteiger partial charge in [-0.2, -0.15) is 0 Å². The summed E-state index contributed by atoms with van der Waals surface area (Å²) in [4.78, 5) is 24.4. The second kappa shape index (κ2) is 8.56. The van der Waals surface area contributed by atoms with E-state index in [1.54, 1.807) is 35.6 Å². The molecule has 6 heteroatoms. The Morgan fingerprint density at radius 1 is 1.18 bits per heavy atom. The number of thiophene rings is 1. The molecule has 0 spiro atoms. The highest BCUT2D eigenvalue weighted by molar-refractivity contribution is 7.09. The van der Waals surface area contributed by atoms with E-state index in [-0.39, 0.29) is 18.9 Å². The van der Waals surface area contributed by atoms with E-state index < -0.39 is 5.97 Å². The summed E-state index contributed by atoms with van der Waals surface area (Å²) in [6.45, 7) is 0.283. The third-order valence-corrected chi connectivity index (χ3v) is 4.09. The Morgan fingerprint density at radius 3 is 2.64 bits per heavy atom. The predicted molar refractivity (Wildman–Crippen MR) is 87.1 cm³/mol. The number of hydrogen-bond acceptors (Lipinski definition) is 4. The molecule has 1 amide bonds. The third kappa shape index (κ3) is 5.87. The number of amides is 1. The second-order valence-electron chi connectivity index (χ2n) is 4.64. The van der Waals surface area contributed by atoms with Crippen molar-refractivity contribution >= 4 is 34.8 Å². The van der Waals surface area contributed by atoms with Crippen LogP contribution in [0.5, 0.6) is 0 Å². The average Bonchev–Trinajstić information content (AvgIpc) is 3.01. The van der Waals surface area contributed by atoms with Crippen LogP contribution in [0.4, 0.5) is 0 Å². The molecule has 0 bridgehead atoms. The fourth-order valence-electron chi connectivity index (χ4n) is 1.80. The molecule has 1 N–H and O–H groups in total. The zero-order valence-electron chi connectivity index (χ0n) is 11.9. The zero-order chi connectivity index (χ0) is 15.8. The first-order valence-corrected chi connectivity index (χ1v) is 8.08. The number of carbonyl (C=O) groups is 2. The Labute approximate surface area is 138 Å². The lowest BCUT2D eigenvalue weighted by Gasteiger charge is -2.06.